The molecule has 0 bridgehead atoms. The van der Waals surface area contributed by atoms with Crippen LogP contribution in [0.3, 0.4) is 0 Å². The number of piperidine rings is 1. The summed E-state index contributed by atoms with van der Waals surface area (Å²) in [5.74, 6) is 0.132. The largest absolute Gasteiger partial charge is 0.342 e. The fourth-order valence-corrected chi connectivity index (χ4v) is 4.63. The van der Waals surface area contributed by atoms with Gasteiger partial charge in [0.1, 0.15) is 0 Å². The Morgan fingerprint density at radius 2 is 1.81 bits per heavy atom. The van der Waals surface area contributed by atoms with Crippen molar-refractivity contribution in [3.63, 3.8) is 0 Å². The number of benzene rings is 1. The number of nitrogens with zero attached hydrogens (tertiary/aromatic N) is 2. The number of amides is 1. The zero-order valence-electron chi connectivity index (χ0n) is 15.5. The second kappa shape index (κ2) is 6.91. The van der Waals surface area contributed by atoms with Gasteiger partial charge in [0, 0.05) is 30.6 Å². The van der Waals surface area contributed by atoms with Crippen LogP contribution < -0.4 is 0 Å². The second-order valence-electron chi connectivity index (χ2n) is 8.69. The van der Waals surface area contributed by atoms with Crippen molar-refractivity contribution in [1.82, 2.24) is 9.80 Å². The van der Waals surface area contributed by atoms with E-state index in [0.717, 1.165) is 58.3 Å². The van der Waals surface area contributed by atoms with Crippen LogP contribution >= 0.6 is 0 Å². The quantitative estimate of drug-likeness (QED) is 0.813. The lowest BCUT2D eigenvalue weighted by Gasteiger charge is -2.35. The molecule has 0 N–H and O–H groups in total. The van der Waals surface area contributed by atoms with Crippen molar-refractivity contribution in [3.8, 4) is 0 Å². The van der Waals surface area contributed by atoms with E-state index in [1.54, 1.807) is 12.1 Å². The van der Waals surface area contributed by atoms with Crippen molar-refractivity contribution in [2.24, 2.45) is 17.3 Å². The number of hydrogen-bond donors (Lipinski definition) is 0. The Kier molecular flexibility index (Phi) is 4.76. The minimum absolute atomic E-state index is 0.0622. The van der Waals surface area contributed by atoms with Gasteiger partial charge in [0.2, 0.25) is 5.91 Å². The molecule has 4 rings (SSSR count). The Bertz CT molecular complexity index is 681. The highest BCUT2D eigenvalue weighted by Gasteiger charge is 2.48. The fraction of sp³-hybridized carbons (Fsp3) is 0.667. The summed E-state index contributed by atoms with van der Waals surface area (Å²) in [6.45, 7) is 6.23. The predicted molar refractivity (Wildman–Crippen MR) is 96.4 cm³/mol. The van der Waals surface area contributed by atoms with Gasteiger partial charge in [0.05, 0.1) is 0 Å². The number of halogens is 2. The summed E-state index contributed by atoms with van der Waals surface area (Å²) >= 11 is 0. The van der Waals surface area contributed by atoms with E-state index < -0.39 is 11.6 Å². The van der Waals surface area contributed by atoms with Crippen LogP contribution in [0.4, 0.5) is 8.78 Å². The van der Waals surface area contributed by atoms with E-state index in [9.17, 15) is 13.6 Å². The van der Waals surface area contributed by atoms with Crippen LogP contribution in [0.15, 0.2) is 18.2 Å². The molecule has 1 saturated carbocycles. The van der Waals surface area contributed by atoms with Crippen LogP contribution in [0.2, 0.25) is 0 Å². The predicted octanol–water partition coefficient (Wildman–Crippen LogP) is 3.83. The Morgan fingerprint density at radius 3 is 2.50 bits per heavy atom. The summed E-state index contributed by atoms with van der Waals surface area (Å²) in [5.41, 5.74) is 0.381. The summed E-state index contributed by atoms with van der Waals surface area (Å²) in [7, 11) is 0. The van der Waals surface area contributed by atoms with Gasteiger partial charge >= 0.3 is 0 Å². The van der Waals surface area contributed by atoms with Crippen LogP contribution in [0.25, 0.3) is 0 Å². The Hall–Kier alpha value is -1.49. The molecule has 1 aliphatic carbocycles. The van der Waals surface area contributed by atoms with Crippen LogP contribution in [0, 0.1) is 28.9 Å². The monoisotopic (exact) mass is 362 g/mol. The summed E-state index contributed by atoms with van der Waals surface area (Å²) in [4.78, 5) is 16.8. The van der Waals surface area contributed by atoms with E-state index >= 15 is 0 Å². The van der Waals surface area contributed by atoms with E-state index in [1.807, 2.05) is 0 Å². The van der Waals surface area contributed by atoms with Crippen LogP contribution in [0.5, 0.6) is 0 Å². The summed E-state index contributed by atoms with van der Waals surface area (Å²) < 4.78 is 27.2. The Balaban J connectivity index is 1.27. The van der Waals surface area contributed by atoms with Gasteiger partial charge in [0.25, 0.3) is 0 Å². The zero-order valence-corrected chi connectivity index (χ0v) is 15.5. The first kappa shape index (κ1) is 17.9. The van der Waals surface area contributed by atoms with Gasteiger partial charge in [-0.2, -0.15) is 0 Å². The van der Waals surface area contributed by atoms with Crippen molar-refractivity contribution in [1.29, 1.82) is 0 Å². The maximum atomic E-state index is 13.9. The molecule has 2 heterocycles. The molecule has 3 fully saturated rings. The van der Waals surface area contributed by atoms with Gasteiger partial charge in [-0.05, 0) is 63.1 Å². The average Bonchev–Trinajstić information content (AvgIpc) is 3.20. The number of rotatable bonds is 4. The molecule has 5 heteroatoms. The zero-order chi connectivity index (χ0) is 18.3. The maximum absolute atomic E-state index is 13.9. The van der Waals surface area contributed by atoms with Crippen LogP contribution in [0.1, 0.15) is 44.6 Å². The average molecular weight is 362 g/mol. The molecule has 1 amide bonds. The molecular formula is C21H28F2N2O. The smallest absolute Gasteiger partial charge is 0.228 e. The minimum atomic E-state index is -0.766. The Morgan fingerprint density at radius 1 is 1.12 bits per heavy atom. The van der Waals surface area contributed by atoms with Gasteiger partial charge in [-0.15, -0.1) is 0 Å². The third-order valence-corrected chi connectivity index (χ3v) is 6.75. The van der Waals surface area contributed by atoms with Crippen LogP contribution in [-0.4, -0.2) is 41.9 Å². The van der Waals surface area contributed by atoms with E-state index in [4.69, 9.17) is 0 Å². The van der Waals surface area contributed by atoms with Gasteiger partial charge in [0.15, 0.2) is 11.6 Å². The molecule has 1 atom stereocenters. The number of likely N-dealkylation sites (tertiary alicyclic amines) is 2. The molecule has 142 valence electrons. The highest BCUT2D eigenvalue weighted by Crippen LogP contribution is 2.47. The first-order valence-electron chi connectivity index (χ1n) is 9.91. The summed E-state index contributed by atoms with van der Waals surface area (Å²) in [6.07, 6.45) is 5.37. The van der Waals surface area contributed by atoms with Crippen LogP contribution in [-0.2, 0) is 11.3 Å². The second-order valence-corrected chi connectivity index (χ2v) is 8.69. The maximum Gasteiger partial charge on any atom is 0.228 e. The molecule has 2 aliphatic heterocycles. The molecule has 0 radical (unpaired) electrons. The first-order chi connectivity index (χ1) is 12.5. The molecule has 0 aromatic heterocycles. The Labute approximate surface area is 154 Å². The number of carbonyl (C=O) groups excluding carboxylic acids is 1. The van der Waals surface area contributed by atoms with E-state index in [-0.39, 0.29) is 5.41 Å². The van der Waals surface area contributed by atoms with E-state index in [0.29, 0.717) is 29.9 Å². The van der Waals surface area contributed by atoms with Gasteiger partial charge in [-0.25, -0.2) is 8.78 Å². The minimum Gasteiger partial charge on any atom is -0.342 e. The molecule has 3 nitrogen and oxygen atoms in total. The van der Waals surface area contributed by atoms with E-state index in [2.05, 4.69) is 16.7 Å². The number of carbonyl (C=O) groups is 1. The van der Waals surface area contributed by atoms with Crippen molar-refractivity contribution in [3.05, 3.63) is 35.4 Å². The molecule has 3 aliphatic rings. The molecular weight excluding hydrogens is 334 g/mol. The summed E-state index contributed by atoms with van der Waals surface area (Å²) in [6, 6.07) is 4.41. The lowest BCUT2D eigenvalue weighted by Crippen LogP contribution is -2.38. The van der Waals surface area contributed by atoms with Gasteiger partial charge in [-0.1, -0.05) is 19.1 Å². The molecule has 0 spiro atoms. The normalized spacial score (nSPS) is 26.3. The highest BCUT2D eigenvalue weighted by molar-refractivity contribution is 5.85. The molecule has 0 unspecified atom stereocenters. The van der Waals surface area contributed by atoms with Crippen molar-refractivity contribution >= 4 is 5.91 Å². The van der Waals surface area contributed by atoms with Crippen molar-refractivity contribution < 1.29 is 13.6 Å². The molecule has 2 saturated heterocycles. The standard InChI is InChI=1S/C21H28F2N2O/c1-21(8-9-21)20(26)25-12-7-16(14-25)15-5-10-24(11-6-15)13-17-3-2-4-18(22)19(17)23/h2-4,15-16H,5-14H2,1H3/t16-/m1/s1. The van der Waals surface area contributed by atoms with Gasteiger partial charge in [-0.3, -0.25) is 9.69 Å². The third kappa shape index (κ3) is 3.51. The van der Waals surface area contributed by atoms with E-state index in [1.165, 1.54) is 6.07 Å². The fourth-order valence-electron chi connectivity index (χ4n) is 4.63. The third-order valence-electron chi connectivity index (χ3n) is 6.75. The van der Waals surface area contributed by atoms with Gasteiger partial charge < -0.3 is 4.90 Å². The van der Waals surface area contributed by atoms with Crippen molar-refractivity contribution in [2.75, 3.05) is 26.2 Å². The molecule has 26 heavy (non-hydrogen) atoms. The van der Waals surface area contributed by atoms with Crippen molar-refractivity contribution in [2.45, 2.75) is 45.6 Å². The first-order valence-corrected chi connectivity index (χ1v) is 9.91. The lowest BCUT2D eigenvalue weighted by atomic mass is 9.83. The molecule has 1 aromatic rings. The lowest BCUT2D eigenvalue weighted by molar-refractivity contribution is -0.135. The molecule has 1 aromatic carbocycles. The topological polar surface area (TPSA) is 23.6 Å². The summed E-state index contributed by atoms with van der Waals surface area (Å²) in [5, 5.41) is 0. The SMILES string of the molecule is CC1(C(=O)N2CC[C@@H](C3CCN(Cc4cccc(F)c4F)CC3)C2)CC1. The highest BCUT2D eigenvalue weighted by atomic mass is 19.2. The number of hydrogen-bond acceptors (Lipinski definition) is 2.